The molecule has 0 bridgehead atoms. The summed E-state index contributed by atoms with van der Waals surface area (Å²) in [6.07, 6.45) is -0.577. The van der Waals surface area contributed by atoms with Gasteiger partial charge in [-0.3, -0.25) is 0 Å². The molecule has 0 saturated heterocycles. The van der Waals surface area contributed by atoms with E-state index in [-0.39, 0.29) is 17.4 Å². The van der Waals surface area contributed by atoms with Crippen molar-refractivity contribution < 1.29 is 19.4 Å². The Morgan fingerprint density at radius 2 is 1.80 bits per heavy atom. The number of aromatic nitrogens is 1. The van der Waals surface area contributed by atoms with E-state index in [4.69, 9.17) is 9.15 Å². The molecule has 0 saturated carbocycles. The third-order valence-electron chi connectivity index (χ3n) is 4.03. The Morgan fingerprint density at radius 3 is 2.64 bits per heavy atom. The van der Waals surface area contributed by atoms with Crippen LogP contribution in [-0.2, 0) is 0 Å². The molecule has 1 atom stereocenters. The quantitative estimate of drug-likeness (QED) is 0.493. The van der Waals surface area contributed by atoms with E-state index in [2.05, 4.69) is 10.3 Å². The van der Waals surface area contributed by atoms with Gasteiger partial charge in [-0.25, -0.2) is 4.98 Å². The first kappa shape index (κ1) is 14.2. The lowest BCUT2D eigenvalue weighted by molar-refractivity contribution is 0.257. The molecule has 0 spiro atoms. The molecular weight excluding hydrogens is 340 g/mol. The number of aromatic hydroxyl groups is 2. The van der Waals surface area contributed by atoms with Gasteiger partial charge < -0.3 is 24.7 Å². The van der Waals surface area contributed by atoms with Gasteiger partial charge in [-0.2, -0.15) is 0 Å². The summed E-state index contributed by atoms with van der Waals surface area (Å²) in [5, 5.41) is 23.9. The minimum atomic E-state index is -0.577. The van der Waals surface area contributed by atoms with Gasteiger partial charge in [-0.15, -0.1) is 11.3 Å². The van der Waals surface area contributed by atoms with Crippen molar-refractivity contribution in [2.45, 2.75) is 6.23 Å². The number of hydrogen-bond acceptors (Lipinski definition) is 7. The lowest BCUT2D eigenvalue weighted by Crippen LogP contribution is -2.08. The Kier molecular flexibility index (Phi) is 2.92. The van der Waals surface area contributed by atoms with Gasteiger partial charge in [0, 0.05) is 0 Å². The fourth-order valence-electron chi connectivity index (χ4n) is 2.83. The Bertz CT molecular complexity index is 1040. The third-order valence-corrected chi connectivity index (χ3v) is 5.23. The summed E-state index contributed by atoms with van der Waals surface area (Å²) in [6.45, 7) is 0. The van der Waals surface area contributed by atoms with E-state index in [1.54, 1.807) is 6.07 Å². The number of oxazole rings is 1. The van der Waals surface area contributed by atoms with Crippen molar-refractivity contribution in [3.05, 3.63) is 53.4 Å². The summed E-state index contributed by atoms with van der Waals surface area (Å²) in [4.78, 5) is 5.21. The SMILES string of the molecule is Oc1c(-c2nc3ccccc3o2)sc(C2Nc3ccccc3O2)c1O. The second kappa shape index (κ2) is 5.15. The summed E-state index contributed by atoms with van der Waals surface area (Å²) < 4.78 is 11.5. The van der Waals surface area contributed by atoms with E-state index < -0.39 is 6.23 Å². The van der Waals surface area contributed by atoms with Crippen LogP contribution in [0.25, 0.3) is 21.9 Å². The van der Waals surface area contributed by atoms with E-state index >= 15 is 0 Å². The number of rotatable bonds is 2. The van der Waals surface area contributed by atoms with Gasteiger partial charge >= 0.3 is 0 Å². The number of ether oxygens (including phenoxy) is 1. The molecule has 0 amide bonds. The smallest absolute Gasteiger partial charge is 0.241 e. The molecule has 1 aliphatic rings. The van der Waals surface area contributed by atoms with E-state index in [0.29, 0.717) is 26.6 Å². The van der Waals surface area contributed by atoms with E-state index in [1.807, 2.05) is 42.5 Å². The lowest BCUT2D eigenvalue weighted by atomic mass is 10.3. The zero-order valence-electron chi connectivity index (χ0n) is 12.8. The van der Waals surface area contributed by atoms with Gasteiger partial charge in [-0.1, -0.05) is 24.3 Å². The fourth-order valence-corrected chi connectivity index (χ4v) is 3.82. The lowest BCUT2D eigenvalue weighted by Gasteiger charge is -2.09. The average molecular weight is 352 g/mol. The molecule has 0 radical (unpaired) electrons. The fraction of sp³-hybridized carbons (Fsp3) is 0.0556. The first-order chi connectivity index (χ1) is 12.2. The van der Waals surface area contributed by atoms with Crippen molar-refractivity contribution in [1.29, 1.82) is 0 Å². The van der Waals surface area contributed by atoms with Gasteiger partial charge in [0.05, 0.1) is 5.69 Å². The Balaban J connectivity index is 1.56. The van der Waals surface area contributed by atoms with Gasteiger partial charge in [0.15, 0.2) is 17.1 Å². The molecular formula is C18H12N2O4S. The summed E-state index contributed by atoms with van der Waals surface area (Å²) in [7, 11) is 0. The molecule has 1 aliphatic heterocycles. The number of nitrogens with zero attached hydrogens (tertiary/aromatic N) is 1. The molecule has 7 heteroatoms. The predicted octanol–water partition coefficient (Wildman–Crippen LogP) is 4.47. The number of anilines is 1. The van der Waals surface area contributed by atoms with E-state index in [9.17, 15) is 10.2 Å². The largest absolute Gasteiger partial charge is 0.503 e. The van der Waals surface area contributed by atoms with Crippen LogP contribution in [0.5, 0.6) is 17.2 Å². The third kappa shape index (κ3) is 2.13. The highest BCUT2D eigenvalue weighted by atomic mass is 32.1. The monoisotopic (exact) mass is 352 g/mol. The highest BCUT2D eigenvalue weighted by Gasteiger charge is 2.31. The van der Waals surface area contributed by atoms with Crippen molar-refractivity contribution in [1.82, 2.24) is 4.98 Å². The van der Waals surface area contributed by atoms with Crippen molar-refractivity contribution in [2.75, 3.05) is 5.32 Å². The van der Waals surface area contributed by atoms with E-state index in [1.165, 1.54) is 11.3 Å². The second-order valence-electron chi connectivity index (χ2n) is 5.62. The van der Waals surface area contributed by atoms with Crippen molar-refractivity contribution in [2.24, 2.45) is 0 Å². The molecule has 3 heterocycles. The maximum Gasteiger partial charge on any atom is 0.241 e. The molecule has 2 aromatic carbocycles. The topological polar surface area (TPSA) is 87.8 Å². The Morgan fingerprint density at radius 1 is 1.00 bits per heavy atom. The maximum absolute atomic E-state index is 10.4. The molecule has 4 aromatic rings. The van der Waals surface area contributed by atoms with Crippen LogP contribution in [0.1, 0.15) is 11.1 Å². The maximum atomic E-state index is 10.4. The zero-order valence-corrected chi connectivity index (χ0v) is 13.6. The Labute approximate surface area is 145 Å². The molecule has 0 fully saturated rings. The number of para-hydroxylation sites is 4. The standard InChI is InChI=1S/C18H12N2O4S/c21-13-14(22)16(18-20-10-6-2-4-8-12(10)24-18)25-15(13)17-19-9-5-1-3-7-11(9)23-17/h1-8,17,19,21-22H. The zero-order chi connectivity index (χ0) is 17.0. The van der Waals surface area contributed by atoms with Gasteiger partial charge in [0.2, 0.25) is 12.1 Å². The molecule has 2 aromatic heterocycles. The number of hydrogen-bond donors (Lipinski definition) is 3. The highest BCUT2D eigenvalue weighted by Crippen LogP contribution is 2.51. The van der Waals surface area contributed by atoms with Crippen molar-refractivity contribution in [3.63, 3.8) is 0 Å². The number of nitrogens with one attached hydrogen (secondary N) is 1. The number of fused-ring (bicyclic) bond motifs is 2. The van der Waals surface area contributed by atoms with Crippen LogP contribution in [0.15, 0.2) is 52.9 Å². The molecule has 6 nitrogen and oxygen atoms in total. The number of thiophene rings is 1. The molecule has 5 rings (SSSR count). The van der Waals surface area contributed by atoms with Crippen molar-refractivity contribution >= 4 is 28.1 Å². The van der Waals surface area contributed by atoms with Crippen LogP contribution >= 0.6 is 11.3 Å². The Hall–Kier alpha value is -3.19. The molecule has 0 aliphatic carbocycles. The molecule has 25 heavy (non-hydrogen) atoms. The molecule has 124 valence electrons. The van der Waals surface area contributed by atoms with E-state index in [0.717, 1.165) is 5.69 Å². The normalized spacial score (nSPS) is 15.8. The van der Waals surface area contributed by atoms with Gasteiger partial charge in [0.1, 0.15) is 21.0 Å². The van der Waals surface area contributed by atoms with Crippen LogP contribution in [0.2, 0.25) is 0 Å². The van der Waals surface area contributed by atoms with Gasteiger partial charge in [0.25, 0.3) is 0 Å². The first-order valence-corrected chi connectivity index (χ1v) is 8.45. The van der Waals surface area contributed by atoms with Crippen molar-refractivity contribution in [3.8, 4) is 28.0 Å². The average Bonchev–Trinajstić information content (AvgIpc) is 3.31. The summed E-state index contributed by atoms with van der Waals surface area (Å²) >= 11 is 1.18. The first-order valence-electron chi connectivity index (χ1n) is 7.63. The summed E-state index contributed by atoms with van der Waals surface area (Å²) in [6, 6.07) is 14.8. The highest BCUT2D eigenvalue weighted by molar-refractivity contribution is 7.16. The van der Waals surface area contributed by atoms with Crippen LogP contribution < -0.4 is 10.1 Å². The minimum Gasteiger partial charge on any atom is -0.503 e. The summed E-state index contributed by atoms with van der Waals surface area (Å²) in [5.74, 6) is 0.476. The minimum absolute atomic E-state index is 0.229. The van der Waals surface area contributed by atoms with Gasteiger partial charge in [-0.05, 0) is 24.3 Å². The molecule has 3 N–H and O–H groups in total. The molecule has 1 unspecified atom stereocenters. The van der Waals surface area contributed by atoms with Crippen LogP contribution in [0.3, 0.4) is 0 Å². The van der Waals surface area contributed by atoms with Crippen LogP contribution in [0.4, 0.5) is 5.69 Å². The van der Waals surface area contributed by atoms with Crippen LogP contribution in [0, 0.1) is 0 Å². The number of benzene rings is 2. The van der Waals surface area contributed by atoms with Crippen LogP contribution in [-0.4, -0.2) is 15.2 Å². The summed E-state index contributed by atoms with van der Waals surface area (Å²) in [5.41, 5.74) is 2.14. The predicted molar refractivity (Wildman–Crippen MR) is 94.1 cm³/mol. The second-order valence-corrected chi connectivity index (χ2v) is 6.67.